The Morgan fingerprint density at radius 1 is 1.15 bits per heavy atom. The van der Waals surface area contributed by atoms with Gasteiger partial charge in [0.1, 0.15) is 17.3 Å². The first-order chi connectivity index (χ1) is 9.51. The largest absolute Gasteiger partial charge is 0.457 e. The lowest BCUT2D eigenvalue weighted by Gasteiger charge is -2.17. The second-order valence-corrected chi connectivity index (χ2v) is 6.14. The van der Waals surface area contributed by atoms with Crippen LogP contribution in [-0.2, 0) is 0 Å². The Kier molecular flexibility index (Phi) is 5.18. The Labute approximate surface area is 134 Å². The maximum absolute atomic E-state index is 13.5. The molecule has 1 atom stereocenters. The van der Waals surface area contributed by atoms with E-state index in [4.69, 9.17) is 4.74 Å². The summed E-state index contributed by atoms with van der Waals surface area (Å²) in [5.41, 5.74) is 1.00. The molecular formula is C15H14Br2FNO. The molecule has 5 heteroatoms. The lowest BCUT2D eigenvalue weighted by molar-refractivity contribution is 0.461. The molecule has 0 saturated carbocycles. The highest BCUT2D eigenvalue weighted by Gasteiger charge is 2.12. The molecule has 0 fully saturated rings. The van der Waals surface area contributed by atoms with E-state index in [0.29, 0.717) is 16.0 Å². The molecule has 2 aromatic carbocycles. The van der Waals surface area contributed by atoms with Crippen molar-refractivity contribution in [2.75, 3.05) is 7.05 Å². The average molecular weight is 403 g/mol. The van der Waals surface area contributed by atoms with Crippen LogP contribution < -0.4 is 10.1 Å². The van der Waals surface area contributed by atoms with Crippen LogP contribution in [0.2, 0.25) is 0 Å². The Balaban J connectivity index is 2.35. The molecule has 0 bridgehead atoms. The van der Waals surface area contributed by atoms with Gasteiger partial charge in [-0.25, -0.2) is 4.39 Å². The molecule has 0 aliphatic heterocycles. The summed E-state index contributed by atoms with van der Waals surface area (Å²) in [4.78, 5) is 0. The van der Waals surface area contributed by atoms with Gasteiger partial charge in [-0.2, -0.15) is 0 Å². The summed E-state index contributed by atoms with van der Waals surface area (Å²) in [6.07, 6.45) is 0. The van der Waals surface area contributed by atoms with Crippen molar-refractivity contribution < 1.29 is 9.13 Å². The minimum atomic E-state index is -0.345. The zero-order chi connectivity index (χ0) is 14.7. The minimum absolute atomic E-state index is 0.128. The molecule has 1 N–H and O–H groups in total. The van der Waals surface area contributed by atoms with Crippen LogP contribution in [0.1, 0.15) is 18.5 Å². The van der Waals surface area contributed by atoms with Crippen LogP contribution in [0.25, 0.3) is 0 Å². The molecule has 0 amide bonds. The summed E-state index contributed by atoms with van der Waals surface area (Å²) in [6, 6.07) is 10.6. The lowest BCUT2D eigenvalue weighted by atomic mass is 10.1. The molecule has 0 aliphatic rings. The third-order valence-corrected chi connectivity index (χ3v) is 4.13. The molecule has 0 heterocycles. The molecule has 0 radical (unpaired) electrons. The van der Waals surface area contributed by atoms with Crippen molar-refractivity contribution in [3.05, 3.63) is 56.7 Å². The molecule has 2 rings (SSSR count). The van der Waals surface area contributed by atoms with Crippen molar-refractivity contribution in [1.82, 2.24) is 5.32 Å². The fourth-order valence-corrected chi connectivity index (χ4v) is 2.40. The molecule has 0 spiro atoms. The Morgan fingerprint density at radius 2 is 1.90 bits per heavy atom. The van der Waals surface area contributed by atoms with Crippen molar-refractivity contribution >= 4 is 31.9 Å². The van der Waals surface area contributed by atoms with Gasteiger partial charge < -0.3 is 10.1 Å². The van der Waals surface area contributed by atoms with Crippen LogP contribution in [0.3, 0.4) is 0 Å². The van der Waals surface area contributed by atoms with E-state index < -0.39 is 0 Å². The Morgan fingerprint density at radius 3 is 2.55 bits per heavy atom. The Bertz CT molecular complexity index is 619. The van der Waals surface area contributed by atoms with E-state index in [1.807, 2.05) is 32.2 Å². The standard InChI is InChI=1S/C15H14Br2FNO/c1-9(19-2)12-7-10(16)3-6-15(12)20-11-4-5-13(17)14(18)8-11/h3-9,19H,1-2H3. The summed E-state index contributed by atoms with van der Waals surface area (Å²) < 4.78 is 20.7. The fraction of sp³-hybridized carbons (Fsp3) is 0.200. The highest BCUT2D eigenvalue weighted by atomic mass is 79.9. The molecule has 0 aliphatic carbocycles. The zero-order valence-electron chi connectivity index (χ0n) is 11.1. The first-order valence-electron chi connectivity index (χ1n) is 6.11. The maximum Gasteiger partial charge on any atom is 0.141 e. The number of nitrogens with one attached hydrogen (secondary N) is 1. The van der Waals surface area contributed by atoms with Crippen LogP contribution in [0.5, 0.6) is 11.5 Å². The minimum Gasteiger partial charge on any atom is -0.457 e. The van der Waals surface area contributed by atoms with Crippen molar-refractivity contribution in [2.45, 2.75) is 13.0 Å². The van der Waals surface area contributed by atoms with Gasteiger partial charge in [0.2, 0.25) is 0 Å². The average Bonchev–Trinajstić information content (AvgIpc) is 2.44. The topological polar surface area (TPSA) is 21.3 Å². The van der Waals surface area contributed by atoms with Crippen LogP contribution >= 0.6 is 31.9 Å². The molecule has 0 aromatic heterocycles. The van der Waals surface area contributed by atoms with E-state index >= 15 is 0 Å². The van der Waals surface area contributed by atoms with Gasteiger partial charge in [0.15, 0.2) is 0 Å². The van der Waals surface area contributed by atoms with E-state index in [0.717, 1.165) is 10.0 Å². The first-order valence-corrected chi connectivity index (χ1v) is 7.69. The van der Waals surface area contributed by atoms with Gasteiger partial charge in [-0.3, -0.25) is 0 Å². The maximum atomic E-state index is 13.5. The first kappa shape index (κ1) is 15.5. The molecule has 0 saturated heterocycles. The quantitative estimate of drug-likeness (QED) is 0.736. The third kappa shape index (κ3) is 3.59. The second kappa shape index (κ2) is 6.70. The molecule has 2 aromatic rings. The van der Waals surface area contributed by atoms with Gasteiger partial charge in [-0.1, -0.05) is 15.9 Å². The van der Waals surface area contributed by atoms with E-state index in [1.165, 1.54) is 6.07 Å². The molecule has 20 heavy (non-hydrogen) atoms. The van der Waals surface area contributed by atoms with Crippen molar-refractivity contribution in [2.24, 2.45) is 0 Å². The number of rotatable bonds is 4. The highest BCUT2D eigenvalue weighted by Crippen LogP contribution is 2.33. The number of ether oxygens (including phenoxy) is 1. The number of benzene rings is 2. The summed E-state index contributed by atoms with van der Waals surface area (Å²) >= 11 is 6.58. The predicted octanol–water partition coefficient (Wildman–Crippen LogP) is 5.42. The summed E-state index contributed by atoms with van der Waals surface area (Å²) in [6.45, 7) is 2.04. The van der Waals surface area contributed by atoms with Crippen molar-refractivity contribution in [3.8, 4) is 11.5 Å². The normalized spacial score (nSPS) is 12.2. The number of hydrogen-bond acceptors (Lipinski definition) is 2. The zero-order valence-corrected chi connectivity index (χ0v) is 14.3. The van der Waals surface area contributed by atoms with E-state index in [-0.39, 0.29) is 11.9 Å². The van der Waals surface area contributed by atoms with E-state index in [2.05, 4.69) is 37.2 Å². The van der Waals surface area contributed by atoms with Gasteiger partial charge in [-0.05, 0) is 60.2 Å². The third-order valence-electron chi connectivity index (χ3n) is 2.99. The summed E-state index contributed by atoms with van der Waals surface area (Å²) in [5.74, 6) is 0.831. The number of halogens is 3. The molecule has 106 valence electrons. The van der Waals surface area contributed by atoms with Gasteiger partial charge in [0.05, 0.1) is 4.47 Å². The second-order valence-electron chi connectivity index (χ2n) is 4.37. The van der Waals surface area contributed by atoms with Gasteiger partial charge in [0, 0.05) is 22.1 Å². The van der Waals surface area contributed by atoms with Crippen LogP contribution in [0.15, 0.2) is 45.3 Å². The van der Waals surface area contributed by atoms with Crippen LogP contribution in [0.4, 0.5) is 4.39 Å². The molecule has 2 nitrogen and oxygen atoms in total. The number of hydrogen-bond donors (Lipinski definition) is 1. The SMILES string of the molecule is CNC(C)c1cc(Br)ccc1Oc1ccc(Br)c(F)c1. The smallest absolute Gasteiger partial charge is 0.141 e. The van der Waals surface area contributed by atoms with Gasteiger partial charge in [0.25, 0.3) is 0 Å². The highest BCUT2D eigenvalue weighted by molar-refractivity contribution is 9.10. The van der Waals surface area contributed by atoms with Crippen molar-refractivity contribution in [3.63, 3.8) is 0 Å². The molecule has 1 unspecified atom stereocenters. The van der Waals surface area contributed by atoms with Crippen LogP contribution in [0, 0.1) is 5.82 Å². The molecular weight excluding hydrogens is 389 g/mol. The van der Waals surface area contributed by atoms with Gasteiger partial charge >= 0.3 is 0 Å². The fourth-order valence-electron chi connectivity index (χ4n) is 1.77. The summed E-state index contributed by atoms with van der Waals surface area (Å²) in [7, 11) is 1.88. The van der Waals surface area contributed by atoms with E-state index in [1.54, 1.807) is 12.1 Å². The monoisotopic (exact) mass is 401 g/mol. The van der Waals surface area contributed by atoms with Crippen LogP contribution in [-0.4, -0.2) is 7.05 Å². The lowest BCUT2D eigenvalue weighted by Crippen LogP contribution is -2.13. The van der Waals surface area contributed by atoms with E-state index in [9.17, 15) is 4.39 Å². The van der Waals surface area contributed by atoms with Crippen molar-refractivity contribution in [1.29, 1.82) is 0 Å². The summed E-state index contributed by atoms with van der Waals surface area (Å²) in [5, 5.41) is 3.17. The predicted molar refractivity (Wildman–Crippen MR) is 85.8 cm³/mol. The Hall–Kier alpha value is -0.910. The van der Waals surface area contributed by atoms with Gasteiger partial charge in [-0.15, -0.1) is 0 Å².